The van der Waals surface area contributed by atoms with Gasteiger partial charge >= 0.3 is 0 Å². The minimum Gasteiger partial charge on any atom is -0.493 e. The number of hydroxylamine groups is 2. The van der Waals surface area contributed by atoms with Crippen LogP contribution in [0.15, 0.2) is 24.4 Å². The van der Waals surface area contributed by atoms with Crippen LogP contribution in [0.1, 0.15) is 22.1 Å². The lowest BCUT2D eigenvalue weighted by Crippen LogP contribution is -2.43. The molecule has 0 saturated heterocycles. The molecule has 7 heteroatoms. The standard InChI is InChI=1S/C14H14N2O5/c1-19-9-5-4-8-11(12(9)20-2)14(18)15-7-6-10(17)16(21-3)13(8)15/h4-7,13H,1-3H3/t13-/m1/s1. The molecule has 110 valence electrons. The van der Waals surface area contributed by atoms with Crippen LogP contribution >= 0.6 is 0 Å². The lowest BCUT2D eigenvalue weighted by Gasteiger charge is -2.33. The van der Waals surface area contributed by atoms with E-state index in [0.717, 1.165) is 5.06 Å². The highest BCUT2D eigenvalue weighted by Crippen LogP contribution is 2.45. The van der Waals surface area contributed by atoms with E-state index in [2.05, 4.69) is 0 Å². The van der Waals surface area contributed by atoms with E-state index in [1.807, 2.05) is 0 Å². The van der Waals surface area contributed by atoms with Gasteiger partial charge in [-0.2, -0.15) is 5.06 Å². The van der Waals surface area contributed by atoms with Crippen LogP contribution in [0.3, 0.4) is 0 Å². The summed E-state index contributed by atoms with van der Waals surface area (Å²) in [4.78, 5) is 31.0. The molecule has 0 radical (unpaired) electrons. The van der Waals surface area contributed by atoms with Gasteiger partial charge in [0.05, 0.1) is 26.9 Å². The Balaban J connectivity index is 2.21. The third kappa shape index (κ3) is 1.71. The predicted molar refractivity (Wildman–Crippen MR) is 71.5 cm³/mol. The molecule has 2 aliphatic heterocycles. The van der Waals surface area contributed by atoms with Crippen LogP contribution in [0.4, 0.5) is 0 Å². The minimum atomic E-state index is -0.630. The molecule has 21 heavy (non-hydrogen) atoms. The van der Waals surface area contributed by atoms with Crippen molar-refractivity contribution in [2.75, 3.05) is 21.3 Å². The molecule has 0 aromatic heterocycles. The Morgan fingerprint density at radius 2 is 1.86 bits per heavy atom. The zero-order valence-corrected chi connectivity index (χ0v) is 11.8. The average molecular weight is 290 g/mol. The van der Waals surface area contributed by atoms with Crippen molar-refractivity contribution in [1.82, 2.24) is 9.96 Å². The van der Waals surface area contributed by atoms with E-state index in [4.69, 9.17) is 14.3 Å². The number of nitrogens with zero attached hydrogens (tertiary/aromatic N) is 2. The van der Waals surface area contributed by atoms with Gasteiger partial charge in [0.1, 0.15) is 0 Å². The zero-order chi connectivity index (χ0) is 15.1. The molecule has 1 aromatic carbocycles. The number of ether oxygens (including phenoxy) is 2. The number of hydrogen-bond acceptors (Lipinski definition) is 5. The van der Waals surface area contributed by atoms with Crippen molar-refractivity contribution in [1.29, 1.82) is 0 Å². The lowest BCUT2D eigenvalue weighted by atomic mass is 10.1. The maximum atomic E-state index is 12.6. The molecule has 0 saturated carbocycles. The van der Waals surface area contributed by atoms with Gasteiger partial charge in [0.25, 0.3) is 11.8 Å². The summed E-state index contributed by atoms with van der Waals surface area (Å²) < 4.78 is 10.5. The van der Waals surface area contributed by atoms with Gasteiger partial charge < -0.3 is 9.47 Å². The Labute approximate surface area is 121 Å². The highest BCUT2D eigenvalue weighted by atomic mass is 16.7. The van der Waals surface area contributed by atoms with Gasteiger partial charge in [0.15, 0.2) is 17.7 Å². The maximum Gasteiger partial charge on any atom is 0.273 e. The molecule has 1 aromatic rings. The van der Waals surface area contributed by atoms with E-state index < -0.39 is 6.17 Å². The fourth-order valence-corrected chi connectivity index (χ4v) is 2.68. The quantitative estimate of drug-likeness (QED) is 0.833. The molecule has 7 nitrogen and oxygen atoms in total. The summed E-state index contributed by atoms with van der Waals surface area (Å²) in [6, 6.07) is 3.43. The fraction of sp³-hybridized carbons (Fsp3) is 0.286. The molecule has 0 bridgehead atoms. The number of amides is 2. The first kappa shape index (κ1) is 13.4. The Morgan fingerprint density at radius 1 is 1.10 bits per heavy atom. The second-order valence-electron chi connectivity index (χ2n) is 4.51. The molecular weight excluding hydrogens is 276 g/mol. The van der Waals surface area contributed by atoms with E-state index in [9.17, 15) is 9.59 Å². The third-order valence-electron chi connectivity index (χ3n) is 3.58. The van der Waals surface area contributed by atoms with Crippen molar-refractivity contribution in [3.8, 4) is 11.5 Å². The number of fused-ring (bicyclic) bond motifs is 3. The van der Waals surface area contributed by atoms with Crippen molar-refractivity contribution >= 4 is 11.8 Å². The van der Waals surface area contributed by atoms with Gasteiger partial charge in [0, 0.05) is 17.8 Å². The molecule has 2 aliphatic rings. The van der Waals surface area contributed by atoms with Crippen LogP contribution in [0.25, 0.3) is 0 Å². The number of rotatable bonds is 3. The van der Waals surface area contributed by atoms with Gasteiger partial charge in [-0.3, -0.25) is 19.3 Å². The van der Waals surface area contributed by atoms with E-state index >= 15 is 0 Å². The number of benzene rings is 1. The molecule has 2 amide bonds. The Hall–Kier alpha value is -2.54. The lowest BCUT2D eigenvalue weighted by molar-refractivity contribution is -0.198. The van der Waals surface area contributed by atoms with Crippen LogP contribution in [-0.2, 0) is 9.63 Å². The average Bonchev–Trinajstić information content (AvgIpc) is 2.79. The van der Waals surface area contributed by atoms with Crippen LogP contribution in [0, 0.1) is 0 Å². The van der Waals surface area contributed by atoms with Gasteiger partial charge in [-0.1, -0.05) is 6.07 Å². The molecule has 3 rings (SSSR count). The Bertz CT molecular complexity index is 655. The molecule has 1 atom stereocenters. The van der Waals surface area contributed by atoms with E-state index in [1.165, 1.54) is 38.5 Å². The SMILES string of the molecule is COc1ccc2c(c1OC)C(=O)N1C=CC(=O)N(OC)[C@H]21. The number of carbonyl (C=O) groups excluding carboxylic acids is 2. The fourth-order valence-electron chi connectivity index (χ4n) is 2.68. The van der Waals surface area contributed by atoms with Crippen molar-refractivity contribution in [3.63, 3.8) is 0 Å². The summed E-state index contributed by atoms with van der Waals surface area (Å²) in [6.45, 7) is 0. The largest absolute Gasteiger partial charge is 0.493 e. The first-order chi connectivity index (χ1) is 10.1. The number of hydrogen-bond donors (Lipinski definition) is 0. The Morgan fingerprint density at radius 3 is 2.48 bits per heavy atom. The van der Waals surface area contributed by atoms with Gasteiger partial charge in [-0.25, -0.2) is 0 Å². The smallest absolute Gasteiger partial charge is 0.273 e. The molecule has 0 aliphatic carbocycles. The summed E-state index contributed by atoms with van der Waals surface area (Å²) in [5.41, 5.74) is 1.01. The molecule has 0 unspecified atom stereocenters. The molecule has 2 heterocycles. The second kappa shape index (κ2) is 4.78. The second-order valence-corrected chi connectivity index (χ2v) is 4.51. The van der Waals surface area contributed by atoms with Crippen molar-refractivity contribution in [2.24, 2.45) is 0 Å². The van der Waals surface area contributed by atoms with Crippen molar-refractivity contribution in [3.05, 3.63) is 35.5 Å². The summed E-state index contributed by atoms with van der Waals surface area (Å²) in [7, 11) is 4.36. The van der Waals surface area contributed by atoms with Crippen LogP contribution in [0.5, 0.6) is 11.5 Å². The van der Waals surface area contributed by atoms with Crippen LogP contribution in [0.2, 0.25) is 0 Å². The molecule has 0 N–H and O–H groups in total. The van der Waals surface area contributed by atoms with Gasteiger partial charge in [-0.15, -0.1) is 0 Å². The molecule has 0 spiro atoms. The summed E-state index contributed by atoms with van der Waals surface area (Å²) >= 11 is 0. The van der Waals surface area contributed by atoms with Gasteiger partial charge in [0.2, 0.25) is 0 Å². The summed E-state index contributed by atoms with van der Waals surface area (Å²) in [5, 5.41) is 1.15. The first-order valence-electron chi connectivity index (χ1n) is 6.27. The summed E-state index contributed by atoms with van der Waals surface area (Å²) in [5.74, 6) is 0.223. The first-order valence-corrected chi connectivity index (χ1v) is 6.27. The van der Waals surface area contributed by atoms with Crippen LogP contribution < -0.4 is 9.47 Å². The third-order valence-corrected chi connectivity index (χ3v) is 3.58. The van der Waals surface area contributed by atoms with Crippen molar-refractivity contribution < 1.29 is 23.9 Å². The number of methoxy groups -OCH3 is 2. The summed E-state index contributed by atoms with van der Waals surface area (Å²) in [6.07, 6.45) is 2.11. The van der Waals surface area contributed by atoms with Crippen molar-refractivity contribution in [2.45, 2.75) is 6.17 Å². The monoisotopic (exact) mass is 290 g/mol. The highest BCUT2D eigenvalue weighted by Gasteiger charge is 2.46. The predicted octanol–water partition coefficient (Wildman–Crippen LogP) is 1.08. The van der Waals surface area contributed by atoms with Crippen LogP contribution in [-0.4, -0.2) is 43.1 Å². The molecular formula is C14H14N2O5. The zero-order valence-electron chi connectivity index (χ0n) is 11.8. The van der Waals surface area contributed by atoms with Gasteiger partial charge in [-0.05, 0) is 6.07 Å². The topological polar surface area (TPSA) is 68.3 Å². The molecule has 0 fully saturated rings. The van der Waals surface area contributed by atoms with E-state index in [0.29, 0.717) is 22.6 Å². The minimum absolute atomic E-state index is 0.267. The normalized spacial score (nSPS) is 19.7. The highest BCUT2D eigenvalue weighted by molar-refractivity contribution is 6.05. The number of carbonyl (C=O) groups is 2. The van der Waals surface area contributed by atoms with E-state index in [1.54, 1.807) is 12.1 Å². The maximum absolute atomic E-state index is 12.6. The Kier molecular flexibility index (Phi) is 3.06. The van der Waals surface area contributed by atoms with E-state index in [-0.39, 0.29) is 11.8 Å².